The van der Waals surface area contributed by atoms with Crippen LogP contribution in [-0.4, -0.2) is 50.0 Å². The van der Waals surface area contributed by atoms with Crippen molar-refractivity contribution in [3.05, 3.63) is 99.5 Å². The number of benzene rings is 3. The van der Waals surface area contributed by atoms with Crippen LogP contribution >= 0.6 is 27.5 Å². The molecule has 218 valence electrons. The number of halogens is 2. The van der Waals surface area contributed by atoms with Crippen LogP contribution in [0.5, 0.6) is 0 Å². The summed E-state index contributed by atoms with van der Waals surface area (Å²) in [6, 6.07) is 22.6. The number of hydrogen-bond acceptors (Lipinski definition) is 4. The number of rotatable bonds is 11. The fourth-order valence-corrected chi connectivity index (χ4v) is 6.62. The Morgan fingerprint density at radius 3 is 2.29 bits per heavy atom. The second-order valence-corrected chi connectivity index (χ2v) is 13.7. The van der Waals surface area contributed by atoms with Gasteiger partial charge in [0.05, 0.1) is 11.9 Å². The van der Waals surface area contributed by atoms with E-state index in [1.54, 1.807) is 42.5 Å². The first kappa shape index (κ1) is 31.1. The van der Waals surface area contributed by atoms with Crippen LogP contribution in [0.3, 0.4) is 0 Å². The minimum atomic E-state index is -3.83. The summed E-state index contributed by atoms with van der Waals surface area (Å²) in [6.45, 7) is -0.372. The zero-order chi connectivity index (χ0) is 29.4. The standard InChI is InChI=1S/C31H35BrClN3O4S/c1-41(39,40)36(28-17-9-13-25(32)20-28)22-30(37)35(21-24-12-8-14-26(33)18-24)29(19-23-10-4-2-5-11-23)31(38)34-27-15-6-3-7-16-27/h2,4-5,8-14,17-18,20,27,29H,3,6-7,15-16,19,21-22H2,1H3,(H,34,38)/t29-/m1/s1. The lowest BCUT2D eigenvalue weighted by molar-refractivity contribution is -0.140. The van der Waals surface area contributed by atoms with Crippen molar-refractivity contribution in [1.82, 2.24) is 10.2 Å². The zero-order valence-corrected chi connectivity index (χ0v) is 26.2. The van der Waals surface area contributed by atoms with Gasteiger partial charge >= 0.3 is 0 Å². The monoisotopic (exact) mass is 659 g/mol. The van der Waals surface area contributed by atoms with E-state index in [4.69, 9.17) is 11.6 Å². The number of nitrogens with one attached hydrogen (secondary N) is 1. The van der Waals surface area contributed by atoms with E-state index in [2.05, 4.69) is 21.2 Å². The molecule has 0 aromatic heterocycles. The van der Waals surface area contributed by atoms with E-state index >= 15 is 0 Å². The molecule has 0 bridgehead atoms. The molecule has 1 aliphatic rings. The van der Waals surface area contributed by atoms with Gasteiger partial charge in [-0.2, -0.15) is 0 Å². The van der Waals surface area contributed by atoms with Crippen molar-refractivity contribution in [2.75, 3.05) is 17.1 Å². The average molecular weight is 661 g/mol. The summed E-state index contributed by atoms with van der Waals surface area (Å²) in [5, 5.41) is 3.70. The topological polar surface area (TPSA) is 86.8 Å². The van der Waals surface area contributed by atoms with E-state index in [0.717, 1.165) is 53.8 Å². The highest BCUT2D eigenvalue weighted by atomic mass is 79.9. The molecule has 1 atom stereocenters. The minimum absolute atomic E-state index is 0.0480. The van der Waals surface area contributed by atoms with Gasteiger partial charge in [-0.1, -0.05) is 95.3 Å². The number of nitrogens with zero attached hydrogens (tertiary/aromatic N) is 2. The van der Waals surface area contributed by atoms with Gasteiger partial charge < -0.3 is 10.2 Å². The van der Waals surface area contributed by atoms with Gasteiger partial charge in [-0.05, 0) is 54.3 Å². The van der Waals surface area contributed by atoms with E-state index in [9.17, 15) is 18.0 Å². The van der Waals surface area contributed by atoms with Crippen LogP contribution in [0.15, 0.2) is 83.3 Å². The summed E-state index contributed by atoms with van der Waals surface area (Å²) in [7, 11) is -3.83. The predicted octanol–water partition coefficient (Wildman–Crippen LogP) is 5.96. The van der Waals surface area contributed by atoms with Gasteiger partial charge in [0.2, 0.25) is 21.8 Å². The molecule has 1 N–H and O–H groups in total. The fourth-order valence-electron chi connectivity index (χ4n) is 5.18. The van der Waals surface area contributed by atoms with Gasteiger partial charge in [-0.15, -0.1) is 0 Å². The van der Waals surface area contributed by atoms with Crippen molar-refractivity contribution in [3.63, 3.8) is 0 Å². The van der Waals surface area contributed by atoms with Crippen LogP contribution in [0.1, 0.15) is 43.2 Å². The highest BCUT2D eigenvalue weighted by Gasteiger charge is 2.34. The average Bonchev–Trinajstić information content (AvgIpc) is 2.94. The van der Waals surface area contributed by atoms with Gasteiger partial charge in [0.25, 0.3) is 0 Å². The molecule has 1 saturated carbocycles. The normalized spacial score (nSPS) is 14.7. The maximum atomic E-state index is 14.2. The molecule has 0 heterocycles. The van der Waals surface area contributed by atoms with E-state index in [-0.39, 0.29) is 24.9 Å². The molecule has 1 aliphatic carbocycles. The molecule has 3 aromatic rings. The highest BCUT2D eigenvalue weighted by molar-refractivity contribution is 9.10. The molecule has 3 aromatic carbocycles. The minimum Gasteiger partial charge on any atom is -0.352 e. The summed E-state index contributed by atoms with van der Waals surface area (Å²) >= 11 is 9.66. The Morgan fingerprint density at radius 2 is 1.63 bits per heavy atom. The largest absolute Gasteiger partial charge is 0.352 e. The maximum absolute atomic E-state index is 14.2. The van der Waals surface area contributed by atoms with E-state index in [1.165, 1.54) is 4.90 Å². The third-order valence-electron chi connectivity index (χ3n) is 7.24. The van der Waals surface area contributed by atoms with Gasteiger partial charge in [0, 0.05) is 28.5 Å². The van der Waals surface area contributed by atoms with Crippen LogP contribution in [0, 0.1) is 0 Å². The second kappa shape index (κ2) is 14.3. The van der Waals surface area contributed by atoms with Gasteiger partial charge in [-0.25, -0.2) is 8.42 Å². The summed E-state index contributed by atoms with van der Waals surface area (Å²) in [6.07, 6.45) is 6.40. The van der Waals surface area contributed by atoms with Gasteiger partial charge in [0.15, 0.2) is 0 Å². The lowest BCUT2D eigenvalue weighted by Gasteiger charge is -2.35. The Kier molecular flexibility index (Phi) is 10.9. The smallest absolute Gasteiger partial charge is 0.244 e. The Labute approximate surface area is 256 Å². The Morgan fingerprint density at radius 1 is 0.951 bits per heavy atom. The molecule has 2 amide bonds. The first-order chi connectivity index (χ1) is 19.6. The van der Waals surface area contributed by atoms with Crippen molar-refractivity contribution < 1.29 is 18.0 Å². The molecule has 10 heteroatoms. The molecule has 4 rings (SSSR count). The lowest BCUT2D eigenvalue weighted by atomic mass is 9.94. The molecular formula is C31H35BrClN3O4S. The molecule has 41 heavy (non-hydrogen) atoms. The zero-order valence-electron chi connectivity index (χ0n) is 23.0. The second-order valence-electron chi connectivity index (χ2n) is 10.5. The fraction of sp³-hybridized carbons (Fsp3) is 0.355. The number of carbonyl (C=O) groups excluding carboxylic acids is 2. The third kappa shape index (κ3) is 9.05. The third-order valence-corrected chi connectivity index (χ3v) is 9.11. The molecule has 0 radical (unpaired) electrons. The number of anilines is 1. The van der Waals surface area contributed by atoms with Crippen LogP contribution in [0.4, 0.5) is 5.69 Å². The summed E-state index contributed by atoms with van der Waals surface area (Å²) < 4.78 is 27.6. The molecule has 7 nitrogen and oxygen atoms in total. The van der Waals surface area contributed by atoms with Crippen molar-refractivity contribution in [3.8, 4) is 0 Å². The first-order valence-electron chi connectivity index (χ1n) is 13.7. The predicted molar refractivity (Wildman–Crippen MR) is 167 cm³/mol. The number of amides is 2. The molecule has 0 spiro atoms. The van der Waals surface area contributed by atoms with Crippen molar-refractivity contribution >= 4 is 55.1 Å². The van der Waals surface area contributed by atoms with E-state index in [0.29, 0.717) is 15.2 Å². The number of hydrogen-bond donors (Lipinski definition) is 1. The number of carbonyl (C=O) groups is 2. The SMILES string of the molecule is CS(=O)(=O)N(CC(=O)N(Cc1cccc(Cl)c1)[C@H](Cc1ccccc1)C(=O)NC1CCCCC1)c1cccc(Br)c1. The summed E-state index contributed by atoms with van der Waals surface area (Å²) in [4.78, 5) is 29.6. The molecule has 0 aliphatic heterocycles. The Bertz CT molecular complexity index is 1450. The Balaban J connectivity index is 1.72. The first-order valence-corrected chi connectivity index (χ1v) is 16.7. The maximum Gasteiger partial charge on any atom is 0.244 e. The highest BCUT2D eigenvalue weighted by Crippen LogP contribution is 2.24. The summed E-state index contributed by atoms with van der Waals surface area (Å²) in [5.74, 6) is -0.736. The van der Waals surface area contributed by atoms with E-state index < -0.39 is 28.5 Å². The molecule has 1 fully saturated rings. The van der Waals surface area contributed by atoms with Crippen LogP contribution in [0.2, 0.25) is 5.02 Å². The lowest BCUT2D eigenvalue weighted by Crippen LogP contribution is -2.55. The molecule has 0 saturated heterocycles. The molecular weight excluding hydrogens is 626 g/mol. The number of sulfonamides is 1. The van der Waals surface area contributed by atoms with Crippen molar-refractivity contribution in [1.29, 1.82) is 0 Å². The Hall–Kier alpha value is -2.88. The molecule has 0 unspecified atom stereocenters. The van der Waals surface area contributed by atoms with Crippen LogP contribution in [0.25, 0.3) is 0 Å². The van der Waals surface area contributed by atoms with Crippen LogP contribution < -0.4 is 9.62 Å². The van der Waals surface area contributed by atoms with Crippen molar-refractivity contribution in [2.24, 2.45) is 0 Å². The quantitative estimate of drug-likeness (QED) is 0.275. The van der Waals surface area contributed by atoms with Gasteiger partial charge in [-0.3, -0.25) is 13.9 Å². The van der Waals surface area contributed by atoms with Crippen molar-refractivity contribution in [2.45, 2.75) is 57.2 Å². The van der Waals surface area contributed by atoms with Gasteiger partial charge in [0.1, 0.15) is 12.6 Å². The van der Waals surface area contributed by atoms with Crippen LogP contribution in [-0.2, 0) is 32.6 Å². The summed E-state index contributed by atoms with van der Waals surface area (Å²) in [5.41, 5.74) is 1.99. The van der Waals surface area contributed by atoms with E-state index in [1.807, 2.05) is 36.4 Å².